The van der Waals surface area contributed by atoms with Gasteiger partial charge in [0.25, 0.3) is 0 Å². The van der Waals surface area contributed by atoms with Crippen LogP contribution in [0.15, 0.2) is 12.4 Å². The van der Waals surface area contributed by atoms with Crippen LogP contribution in [0.5, 0.6) is 0 Å². The van der Waals surface area contributed by atoms with Crippen LogP contribution in [0.4, 0.5) is 0 Å². The third kappa shape index (κ3) is 5.06. The van der Waals surface area contributed by atoms with Crippen LogP contribution in [0.25, 0.3) is 0 Å². The first-order valence-corrected chi connectivity index (χ1v) is 9.90. The minimum atomic E-state index is -0.631. The fourth-order valence-electron chi connectivity index (χ4n) is 4.65. The Morgan fingerprint density at radius 2 is 1.96 bits per heavy atom. The fourth-order valence-corrected chi connectivity index (χ4v) is 4.65. The minimum absolute atomic E-state index is 0.364. The van der Waals surface area contributed by atoms with Crippen molar-refractivity contribution < 1.29 is 9.90 Å². The molecular formula is C20H33N3O2. The summed E-state index contributed by atoms with van der Waals surface area (Å²) in [5, 5.41) is 13.5. The average molecular weight is 348 g/mol. The monoisotopic (exact) mass is 347 g/mol. The highest BCUT2D eigenvalue weighted by Gasteiger charge is 2.38. The van der Waals surface area contributed by atoms with Crippen LogP contribution in [0.2, 0.25) is 0 Å². The number of nitrogens with zero attached hydrogens (tertiary/aromatic N) is 3. The molecule has 1 aliphatic heterocycles. The first-order chi connectivity index (χ1) is 11.9. The number of rotatable bonds is 6. The molecule has 0 unspecified atom stereocenters. The predicted octanol–water partition coefficient (Wildman–Crippen LogP) is 3.79. The van der Waals surface area contributed by atoms with Gasteiger partial charge in [-0.15, -0.1) is 0 Å². The summed E-state index contributed by atoms with van der Waals surface area (Å²) in [7, 11) is 0. The smallest absolute Gasteiger partial charge is 0.303 e. The molecule has 5 heteroatoms. The van der Waals surface area contributed by atoms with Gasteiger partial charge in [0, 0.05) is 31.3 Å². The highest BCUT2D eigenvalue weighted by atomic mass is 16.4. The second-order valence-corrected chi connectivity index (χ2v) is 8.78. The van der Waals surface area contributed by atoms with E-state index < -0.39 is 5.97 Å². The van der Waals surface area contributed by atoms with Gasteiger partial charge in [-0.2, -0.15) is 5.10 Å². The van der Waals surface area contributed by atoms with E-state index in [1.165, 1.54) is 44.3 Å². The first kappa shape index (κ1) is 18.4. The van der Waals surface area contributed by atoms with Gasteiger partial charge in [0.1, 0.15) is 0 Å². The summed E-state index contributed by atoms with van der Waals surface area (Å²) >= 11 is 0. The zero-order valence-electron chi connectivity index (χ0n) is 15.8. The van der Waals surface area contributed by atoms with Crippen molar-refractivity contribution in [3.8, 4) is 0 Å². The summed E-state index contributed by atoms with van der Waals surface area (Å²) in [6.07, 6.45) is 11.8. The zero-order valence-corrected chi connectivity index (χ0v) is 15.8. The zero-order chi connectivity index (χ0) is 17.9. The lowest BCUT2D eigenvalue weighted by Crippen LogP contribution is -2.41. The van der Waals surface area contributed by atoms with Crippen molar-refractivity contribution in [3.63, 3.8) is 0 Å². The van der Waals surface area contributed by atoms with Crippen LogP contribution >= 0.6 is 0 Å². The third-order valence-electron chi connectivity index (χ3n) is 6.19. The van der Waals surface area contributed by atoms with Crippen molar-refractivity contribution in [2.45, 2.75) is 71.9 Å². The Morgan fingerprint density at radius 1 is 1.28 bits per heavy atom. The molecule has 1 aromatic heterocycles. The van der Waals surface area contributed by atoms with E-state index in [0.29, 0.717) is 23.7 Å². The third-order valence-corrected chi connectivity index (χ3v) is 6.19. The lowest BCUT2D eigenvalue weighted by Gasteiger charge is -2.46. The van der Waals surface area contributed by atoms with Crippen LogP contribution in [-0.2, 0) is 17.9 Å². The van der Waals surface area contributed by atoms with Gasteiger partial charge in [-0.1, -0.05) is 13.8 Å². The van der Waals surface area contributed by atoms with Crippen molar-refractivity contribution in [1.82, 2.24) is 14.7 Å². The minimum Gasteiger partial charge on any atom is -0.481 e. The van der Waals surface area contributed by atoms with E-state index in [1.807, 2.05) is 6.20 Å². The molecule has 0 bridgehead atoms. The van der Waals surface area contributed by atoms with Crippen molar-refractivity contribution >= 4 is 5.97 Å². The van der Waals surface area contributed by atoms with Gasteiger partial charge >= 0.3 is 5.97 Å². The standard InChI is InChI=1S/C20H33N3O2/c1-16(2)13-23-15-18(12-21-23)14-22-9-7-20(8-10-22)5-3-17(4-6-20)11-19(24)25/h12,15-17H,3-11,13-14H2,1-2H3,(H,24,25). The quantitative estimate of drug-likeness (QED) is 0.851. The predicted molar refractivity (Wildman–Crippen MR) is 98.2 cm³/mol. The first-order valence-electron chi connectivity index (χ1n) is 9.90. The Bertz CT molecular complexity index is 563. The summed E-state index contributed by atoms with van der Waals surface area (Å²) in [5.74, 6) is 0.403. The summed E-state index contributed by atoms with van der Waals surface area (Å²) in [4.78, 5) is 13.5. The highest BCUT2D eigenvalue weighted by Crippen LogP contribution is 2.47. The Hall–Kier alpha value is -1.36. The van der Waals surface area contributed by atoms with Gasteiger partial charge in [-0.25, -0.2) is 0 Å². The Morgan fingerprint density at radius 3 is 2.56 bits per heavy atom. The molecule has 0 atom stereocenters. The number of likely N-dealkylation sites (tertiary alicyclic amines) is 1. The molecule has 3 rings (SSSR count). The number of piperidine rings is 1. The summed E-state index contributed by atoms with van der Waals surface area (Å²) in [6, 6.07) is 0. The molecule has 25 heavy (non-hydrogen) atoms. The number of aromatic nitrogens is 2. The Labute approximate surface area is 151 Å². The molecule has 0 radical (unpaired) electrons. The molecule has 1 spiro atoms. The van der Waals surface area contributed by atoms with Crippen molar-refractivity contribution in [1.29, 1.82) is 0 Å². The molecule has 1 N–H and O–H groups in total. The molecule has 0 aromatic carbocycles. The molecule has 2 heterocycles. The molecular weight excluding hydrogens is 314 g/mol. The van der Waals surface area contributed by atoms with Gasteiger partial charge in [0.2, 0.25) is 0 Å². The topological polar surface area (TPSA) is 58.4 Å². The molecule has 2 aliphatic rings. The largest absolute Gasteiger partial charge is 0.481 e. The number of hydrogen-bond donors (Lipinski definition) is 1. The maximum absolute atomic E-state index is 10.9. The van der Waals surface area contributed by atoms with E-state index >= 15 is 0 Å². The van der Waals surface area contributed by atoms with Gasteiger partial charge in [0.15, 0.2) is 0 Å². The van der Waals surface area contributed by atoms with Crippen molar-refractivity contribution in [3.05, 3.63) is 18.0 Å². The summed E-state index contributed by atoms with van der Waals surface area (Å²) in [5.41, 5.74) is 1.81. The highest BCUT2D eigenvalue weighted by molar-refractivity contribution is 5.67. The molecule has 0 amide bonds. The maximum Gasteiger partial charge on any atom is 0.303 e. The van der Waals surface area contributed by atoms with E-state index in [1.54, 1.807) is 0 Å². The average Bonchev–Trinajstić information content (AvgIpc) is 2.98. The SMILES string of the molecule is CC(C)Cn1cc(CN2CCC3(CCC(CC(=O)O)CC3)CC2)cn1. The van der Waals surface area contributed by atoms with Crippen LogP contribution in [0, 0.1) is 17.3 Å². The molecule has 140 valence electrons. The molecule has 1 aromatic rings. The number of carbonyl (C=O) groups is 1. The van der Waals surface area contributed by atoms with Crippen LogP contribution in [0.3, 0.4) is 0 Å². The maximum atomic E-state index is 10.9. The fraction of sp³-hybridized carbons (Fsp3) is 0.800. The van der Waals surface area contributed by atoms with E-state index in [-0.39, 0.29) is 0 Å². The van der Waals surface area contributed by atoms with Crippen molar-refractivity contribution in [2.24, 2.45) is 17.3 Å². The van der Waals surface area contributed by atoms with Crippen molar-refractivity contribution in [2.75, 3.05) is 13.1 Å². The van der Waals surface area contributed by atoms with E-state index in [9.17, 15) is 4.79 Å². The van der Waals surface area contributed by atoms with Crippen LogP contribution in [-0.4, -0.2) is 38.8 Å². The van der Waals surface area contributed by atoms with Crippen LogP contribution < -0.4 is 0 Å². The lowest BCUT2D eigenvalue weighted by atomic mass is 9.65. The van der Waals surface area contributed by atoms with Gasteiger partial charge in [-0.3, -0.25) is 14.4 Å². The van der Waals surface area contributed by atoms with Gasteiger partial charge in [-0.05, 0) is 68.9 Å². The number of aliphatic carboxylic acids is 1. The normalized spacial score (nSPS) is 21.9. The second kappa shape index (κ2) is 7.90. The molecule has 5 nitrogen and oxygen atoms in total. The number of carboxylic acids is 1. The van der Waals surface area contributed by atoms with Gasteiger partial charge < -0.3 is 5.11 Å². The Balaban J connectivity index is 1.44. The van der Waals surface area contributed by atoms with Gasteiger partial charge in [0.05, 0.1) is 6.20 Å². The summed E-state index contributed by atoms with van der Waals surface area (Å²) in [6.45, 7) is 8.77. The number of carboxylic acid groups (broad SMARTS) is 1. The van der Waals surface area contributed by atoms with Crippen LogP contribution in [0.1, 0.15) is 64.4 Å². The molecule has 1 saturated carbocycles. The number of hydrogen-bond acceptors (Lipinski definition) is 3. The van der Waals surface area contributed by atoms with E-state index in [4.69, 9.17) is 5.11 Å². The molecule has 1 saturated heterocycles. The molecule has 1 aliphatic carbocycles. The summed E-state index contributed by atoms with van der Waals surface area (Å²) < 4.78 is 2.06. The van der Waals surface area contributed by atoms with E-state index in [2.05, 4.69) is 34.7 Å². The Kier molecular flexibility index (Phi) is 5.82. The van der Waals surface area contributed by atoms with E-state index in [0.717, 1.165) is 25.9 Å². The molecule has 2 fully saturated rings. The second-order valence-electron chi connectivity index (χ2n) is 8.78. The lowest BCUT2D eigenvalue weighted by molar-refractivity contribution is -0.138.